The van der Waals surface area contributed by atoms with Crippen molar-refractivity contribution in [3.05, 3.63) is 57.3 Å². The Bertz CT molecular complexity index is 577. The number of aromatic nitrogens is 1. The Hall–Kier alpha value is -1.10. The summed E-state index contributed by atoms with van der Waals surface area (Å²) in [6.45, 7) is 2.45. The van der Waals surface area contributed by atoms with E-state index in [1.807, 2.05) is 13.0 Å². The van der Waals surface area contributed by atoms with Crippen LogP contribution in [0.5, 0.6) is 5.75 Å². The number of hydrogen-bond donors (Lipinski definition) is 1. The fourth-order valence-corrected chi connectivity index (χ4v) is 2.51. The van der Waals surface area contributed by atoms with Gasteiger partial charge in [-0.1, -0.05) is 33.6 Å². The summed E-state index contributed by atoms with van der Waals surface area (Å²) in [6, 6.07) is 7.13. The lowest BCUT2D eigenvalue weighted by atomic mass is 10.0. The van der Waals surface area contributed by atoms with Crippen molar-refractivity contribution >= 4 is 27.5 Å². The minimum Gasteiger partial charge on any atom is -0.492 e. The molecule has 0 fully saturated rings. The topological polar surface area (TPSA) is 42.4 Å². The van der Waals surface area contributed by atoms with Gasteiger partial charge in [0.2, 0.25) is 0 Å². The molecule has 0 aliphatic carbocycles. The van der Waals surface area contributed by atoms with Gasteiger partial charge in [0.25, 0.3) is 0 Å². The van der Waals surface area contributed by atoms with Crippen LogP contribution >= 0.6 is 27.5 Å². The highest BCUT2D eigenvalue weighted by atomic mass is 79.9. The van der Waals surface area contributed by atoms with Crippen molar-refractivity contribution in [2.24, 2.45) is 0 Å². The van der Waals surface area contributed by atoms with Crippen molar-refractivity contribution in [3.63, 3.8) is 0 Å². The molecule has 0 spiro atoms. The first-order valence-corrected chi connectivity index (χ1v) is 6.99. The van der Waals surface area contributed by atoms with Gasteiger partial charge in [-0.15, -0.1) is 0 Å². The van der Waals surface area contributed by atoms with E-state index in [0.717, 1.165) is 4.47 Å². The third-order valence-corrected chi connectivity index (χ3v) is 3.44. The molecule has 5 heteroatoms. The lowest BCUT2D eigenvalue weighted by Gasteiger charge is -2.14. The van der Waals surface area contributed by atoms with E-state index in [9.17, 15) is 5.11 Å². The molecular weight excluding hydrogens is 330 g/mol. The Labute approximate surface area is 125 Å². The first-order valence-electron chi connectivity index (χ1n) is 5.82. The molecule has 0 aliphatic heterocycles. The highest BCUT2D eigenvalue weighted by Crippen LogP contribution is 2.31. The molecule has 0 aliphatic rings. The molecule has 1 aromatic heterocycles. The number of nitrogens with zero attached hydrogens (tertiary/aromatic N) is 1. The number of ether oxygens (including phenoxy) is 1. The summed E-state index contributed by atoms with van der Waals surface area (Å²) in [5.74, 6) is 0.632. The number of hydrogen-bond acceptors (Lipinski definition) is 3. The molecular formula is C14H13BrClNO2. The molecule has 1 atom stereocenters. The molecule has 0 bridgehead atoms. The maximum atomic E-state index is 10.4. The zero-order valence-corrected chi connectivity index (χ0v) is 12.6. The lowest BCUT2D eigenvalue weighted by Crippen LogP contribution is -2.02. The molecule has 3 nitrogen and oxygen atoms in total. The lowest BCUT2D eigenvalue weighted by molar-refractivity contribution is 0.219. The number of benzene rings is 1. The number of halogens is 2. The Balaban J connectivity index is 2.32. The predicted octanol–water partition coefficient (Wildman–Crippen LogP) is 3.98. The molecule has 2 rings (SSSR count). The van der Waals surface area contributed by atoms with Gasteiger partial charge >= 0.3 is 0 Å². The number of aliphatic hydroxyl groups excluding tert-OH is 1. The van der Waals surface area contributed by atoms with Crippen molar-refractivity contribution in [1.82, 2.24) is 4.98 Å². The molecule has 0 saturated carbocycles. The Morgan fingerprint density at radius 3 is 2.84 bits per heavy atom. The normalized spacial score (nSPS) is 12.2. The molecule has 19 heavy (non-hydrogen) atoms. The van der Waals surface area contributed by atoms with Crippen molar-refractivity contribution < 1.29 is 9.84 Å². The SMILES string of the molecule is CCOc1cncc(C(O)c2ccc(Br)cc2Cl)c1. The van der Waals surface area contributed by atoms with Crippen LogP contribution in [-0.4, -0.2) is 16.7 Å². The van der Waals surface area contributed by atoms with Crippen LogP contribution in [0.1, 0.15) is 24.2 Å². The second-order valence-corrected chi connectivity index (χ2v) is 5.28. The summed E-state index contributed by atoms with van der Waals surface area (Å²) < 4.78 is 6.24. The maximum absolute atomic E-state index is 10.4. The quantitative estimate of drug-likeness (QED) is 0.914. The van der Waals surface area contributed by atoms with Crippen LogP contribution in [0.25, 0.3) is 0 Å². The minimum atomic E-state index is -0.825. The number of aliphatic hydroxyl groups is 1. The van der Waals surface area contributed by atoms with Crippen LogP contribution in [0.3, 0.4) is 0 Å². The van der Waals surface area contributed by atoms with E-state index in [2.05, 4.69) is 20.9 Å². The summed E-state index contributed by atoms with van der Waals surface area (Å²) >= 11 is 9.47. The van der Waals surface area contributed by atoms with Crippen molar-refractivity contribution in [2.75, 3.05) is 6.61 Å². The number of rotatable bonds is 4. The summed E-state index contributed by atoms with van der Waals surface area (Å²) in [6.07, 6.45) is 2.39. The zero-order valence-electron chi connectivity index (χ0n) is 10.3. The zero-order chi connectivity index (χ0) is 13.8. The van der Waals surface area contributed by atoms with Gasteiger partial charge in [-0.25, -0.2) is 0 Å². The highest BCUT2D eigenvalue weighted by molar-refractivity contribution is 9.10. The Morgan fingerprint density at radius 2 is 2.16 bits per heavy atom. The van der Waals surface area contributed by atoms with Gasteiger partial charge in [-0.05, 0) is 25.1 Å². The van der Waals surface area contributed by atoms with Gasteiger partial charge in [0.05, 0.1) is 12.8 Å². The fourth-order valence-electron chi connectivity index (χ4n) is 1.73. The van der Waals surface area contributed by atoms with E-state index in [-0.39, 0.29) is 0 Å². The average molecular weight is 343 g/mol. The van der Waals surface area contributed by atoms with Crippen LogP contribution in [0.2, 0.25) is 5.02 Å². The Morgan fingerprint density at radius 1 is 1.37 bits per heavy atom. The minimum absolute atomic E-state index is 0.503. The van der Waals surface area contributed by atoms with E-state index in [1.54, 1.807) is 30.6 Å². The summed E-state index contributed by atoms with van der Waals surface area (Å²) in [5.41, 5.74) is 1.29. The van der Waals surface area contributed by atoms with Gasteiger partial charge < -0.3 is 9.84 Å². The maximum Gasteiger partial charge on any atom is 0.137 e. The van der Waals surface area contributed by atoms with Gasteiger partial charge in [-0.3, -0.25) is 4.98 Å². The first-order chi connectivity index (χ1) is 9.11. The molecule has 0 saturated heterocycles. The number of pyridine rings is 1. The summed E-state index contributed by atoms with van der Waals surface area (Å²) in [4.78, 5) is 4.06. The Kier molecular flexibility index (Phi) is 4.80. The molecule has 1 unspecified atom stereocenters. The molecule has 2 aromatic rings. The van der Waals surface area contributed by atoms with E-state index >= 15 is 0 Å². The van der Waals surface area contributed by atoms with Crippen molar-refractivity contribution in [1.29, 1.82) is 0 Å². The second-order valence-electron chi connectivity index (χ2n) is 3.96. The average Bonchev–Trinajstić information content (AvgIpc) is 2.39. The fraction of sp³-hybridized carbons (Fsp3) is 0.214. The molecule has 100 valence electrons. The third-order valence-electron chi connectivity index (χ3n) is 2.62. The summed E-state index contributed by atoms with van der Waals surface area (Å²) in [5, 5.41) is 10.9. The van der Waals surface area contributed by atoms with E-state index in [4.69, 9.17) is 16.3 Å². The molecule has 1 N–H and O–H groups in total. The van der Waals surface area contributed by atoms with Gasteiger partial charge in [0.1, 0.15) is 11.9 Å². The molecule has 1 aromatic carbocycles. The van der Waals surface area contributed by atoms with E-state index < -0.39 is 6.10 Å². The van der Waals surface area contributed by atoms with Gasteiger partial charge in [-0.2, -0.15) is 0 Å². The van der Waals surface area contributed by atoms with Crippen LogP contribution in [-0.2, 0) is 0 Å². The van der Waals surface area contributed by atoms with Crippen molar-refractivity contribution in [2.45, 2.75) is 13.0 Å². The largest absolute Gasteiger partial charge is 0.492 e. The molecule has 1 heterocycles. The molecule has 0 amide bonds. The highest BCUT2D eigenvalue weighted by Gasteiger charge is 2.15. The van der Waals surface area contributed by atoms with Crippen LogP contribution in [0.15, 0.2) is 41.1 Å². The van der Waals surface area contributed by atoms with E-state index in [0.29, 0.717) is 28.5 Å². The standard InChI is InChI=1S/C14H13BrClNO2/c1-2-19-11-5-9(7-17-8-11)14(18)12-4-3-10(15)6-13(12)16/h3-8,14,18H,2H2,1H3. The smallest absolute Gasteiger partial charge is 0.137 e. The molecule has 0 radical (unpaired) electrons. The van der Waals surface area contributed by atoms with Crippen LogP contribution < -0.4 is 4.74 Å². The van der Waals surface area contributed by atoms with Gasteiger partial charge in [0.15, 0.2) is 0 Å². The van der Waals surface area contributed by atoms with Crippen LogP contribution in [0, 0.1) is 0 Å². The van der Waals surface area contributed by atoms with Crippen molar-refractivity contribution in [3.8, 4) is 5.75 Å². The monoisotopic (exact) mass is 341 g/mol. The third kappa shape index (κ3) is 3.47. The van der Waals surface area contributed by atoms with Crippen LogP contribution in [0.4, 0.5) is 0 Å². The summed E-state index contributed by atoms with van der Waals surface area (Å²) in [7, 11) is 0. The first kappa shape index (κ1) is 14.3. The second kappa shape index (κ2) is 6.37. The van der Waals surface area contributed by atoms with Gasteiger partial charge in [0, 0.05) is 26.8 Å². The predicted molar refractivity (Wildman–Crippen MR) is 78.6 cm³/mol. The van der Waals surface area contributed by atoms with E-state index in [1.165, 1.54) is 0 Å².